The summed E-state index contributed by atoms with van der Waals surface area (Å²) in [4.78, 5) is 4.30. The molecule has 0 aliphatic heterocycles. The molecular weight excluding hydrogens is 326 g/mol. The molecule has 0 aliphatic rings. The van der Waals surface area contributed by atoms with Gasteiger partial charge in [0.2, 0.25) is 15.8 Å². The molecule has 1 N–H and O–H groups in total. The Hall–Kier alpha value is -2.93. The van der Waals surface area contributed by atoms with E-state index in [1.165, 1.54) is 0 Å². The Morgan fingerprint density at radius 1 is 1.00 bits per heavy atom. The first-order chi connectivity index (χ1) is 11.5. The molecule has 6 nitrogen and oxygen atoms in total. The van der Waals surface area contributed by atoms with Crippen molar-refractivity contribution in [3.63, 3.8) is 0 Å². The molecule has 0 fully saturated rings. The summed E-state index contributed by atoms with van der Waals surface area (Å²) in [6.07, 6.45) is 4.73. The van der Waals surface area contributed by atoms with Gasteiger partial charge >= 0.3 is 0 Å². The van der Waals surface area contributed by atoms with E-state index in [2.05, 4.69) is 14.9 Å². The summed E-state index contributed by atoms with van der Waals surface area (Å²) in [5, 5.41) is 3.93. The summed E-state index contributed by atoms with van der Waals surface area (Å²) < 4.78 is 30.0. The van der Waals surface area contributed by atoms with Crippen LogP contribution in [0.1, 0.15) is 11.5 Å². The second-order valence-electron chi connectivity index (χ2n) is 5.15. The van der Waals surface area contributed by atoms with Crippen LogP contribution in [0.5, 0.6) is 0 Å². The summed E-state index contributed by atoms with van der Waals surface area (Å²) in [5.74, 6) is 0.834. The Morgan fingerprint density at radius 2 is 1.71 bits per heavy atom. The maximum absolute atomic E-state index is 11.2. The average molecular weight is 341 g/mol. The van der Waals surface area contributed by atoms with E-state index in [1.54, 1.807) is 30.3 Å². The van der Waals surface area contributed by atoms with Crippen molar-refractivity contribution in [2.24, 2.45) is 0 Å². The summed E-state index contributed by atoms with van der Waals surface area (Å²) in [6, 6.07) is 16.5. The van der Waals surface area contributed by atoms with Gasteiger partial charge in [0.1, 0.15) is 0 Å². The highest BCUT2D eigenvalue weighted by Crippen LogP contribution is 2.19. The molecule has 1 aromatic heterocycles. The van der Waals surface area contributed by atoms with Crippen LogP contribution in [0.4, 0.5) is 5.69 Å². The van der Waals surface area contributed by atoms with E-state index < -0.39 is 10.0 Å². The van der Waals surface area contributed by atoms with Crippen molar-refractivity contribution in [2.75, 3.05) is 11.0 Å². The van der Waals surface area contributed by atoms with Crippen LogP contribution in [-0.4, -0.2) is 24.8 Å². The fourth-order valence-corrected chi connectivity index (χ4v) is 2.62. The average Bonchev–Trinajstić information content (AvgIpc) is 3.02. The lowest BCUT2D eigenvalue weighted by Gasteiger charge is -2.03. The van der Waals surface area contributed by atoms with Crippen LogP contribution in [0.3, 0.4) is 0 Å². The van der Waals surface area contributed by atoms with E-state index in [0.29, 0.717) is 17.4 Å². The molecule has 122 valence electrons. The van der Waals surface area contributed by atoms with Crippen molar-refractivity contribution in [2.45, 2.75) is 0 Å². The number of hydrogen-bond donors (Lipinski definition) is 1. The van der Waals surface area contributed by atoms with Gasteiger partial charge in [-0.25, -0.2) is 8.42 Å². The normalized spacial score (nSPS) is 11.7. The largest absolute Gasteiger partial charge is 0.334 e. The predicted octanol–water partition coefficient (Wildman–Crippen LogP) is 3.28. The first kappa shape index (κ1) is 15.9. The van der Waals surface area contributed by atoms with Crippen LogP contribution in [0.2, 0.25) is 0 Å². The molecule has 7 heteroatoms. The third-order valence-electron chi connectivity index (χ3n) is 3.11. The molecule has 0 spiro atoms. The zero-order valence-corrected chi connectivity index (χ0v) is 13.7. The summed E-state index contributed by atoms with van der Waals surface area (Å²) in [7, 11) is -3.29. The number of nitrogens with one attached hydrogen (secondary N) is 1. The maximum atomic E-state index is 11.2. The van der Waals surface area contributed by atoms with Gasteiger partial charge in [-0.1, -0.05) is 35.5 Å². The summed E-state index contributed by atoms with van der Waals surface area (Å²) >= 11 is 0. The Balaban J connectivity index is 1.74. The van der Waals surface area contributed by atoms with Gasteiger partial charge in [-0.2, -0.15) is 4.98 Å². The molecule has 0 bridgehead atoms. The number of sulfonamides is 1. The van der Waals surface area contributed by atoms with Gasteiger partial charge < -0.3 is 4.52 Å². The van der Waals surface area contributed by atoms with Gasteiger partial charge in [-0.3, -0.25) is 4.72 Å². The minimum atomic E-state index is -3.29. The monoisotopic (exact) mass is 341 g/mol. The highest BCUT2D eigenvalue weighted by atomic mass is 32.2. The third kappa shape index (κ3) is 4.30. The Labute approximate surface area is 139 Å². The van der Waals surface area contributed by atoms with Crippen molar-refractivity contribution >= 4 is 27.9 Å². The molecule has 3 aromatic rings. The molecule has 24 heavy (non-hydrogen) atoms. The smallest absolute Gasteiger partial charge is 0.250 e. The lowest BCUT2D eigenvalue weighted by Crippen LogP contribution is -2.09. The Bertz CT molecular complexity index is 946. The molecule has 0 saturated heterocycles. The second-order valence-corrected chi connectivity index (χ2v) is 6.90. The zero-order chi connectivity index (χ0) is 17.0. The quantitative estimate of drug-likeness (QED) is 0.770. The second kappa shape index (κ2) is 6.67. The lowest BCUT2D eigenvalue weighted by molar-refractivity contribution is 0.411. The first-order valence-electron chi connectivity index (χ1n) is 7.15. The summed E-state index contributed by atoms with van der Waals surface area (Å²) in [6.45, 7) is 0. The van der Waals surface area contributed by atoms with Crippen LogP contribution in [0.25, 0.3) is 23.5 Å². The van der Waals surface area contributed by atoms with Gasteiger partial charge in [0.05, 0.1) is 6.26 Å². The summed E-state index contributed by atoms with van der Waals surface area (Å²) in [5.41, 5.74) is 2.25. The van der Waals surface area contributed by atoms with E-state index in [-0.39, 0.29) is 0 Å². The number of hydrogen-bond acceptors (Lipinski definition) is 5. The van der Waals surface area contributed by atoms with Crippen molar-refractivity contribution < 1.29 is 12.9 Å². The zero-order valence-electron chi connectivity index (χ0n) is 12.9. The number of benzene rings is 2. The number of aromatic nitrogens is 2. The van der Waals surface area contributed by atoms with E-state index in [1.807, 2.05) is 36.4 Å². The van der Waals surface area contributed by atoms with Gasteiger partial charge in [-0.15, -0.1) is 0 Å². The highest BCUT2D eigenvalue weighted by molar-refractivity contribution is 7.92. The number of nitrogens with zero attached hydrogens (tertiary/aromatic N) is 2. The van der Waals surface area contributed by atoms with Gasteiger partial charge in [-0.05, 0) is 35.9 Å². The molecule has 0 atom stereocenters. The first-order valence-corrected chi connectivity index (χ1v) is 9.04. The van der Waals surface area contributed by atoms with Gasteiger partial charge in [0, 0.05) is 17.3 Å². The van der Waals surface area contributed by atoms with Crippen LogP contribution >= 0.6 is 0 Å². The van der Waals surface area contributed by atoms with Gasteiger partial charge in [0.25, 0.3) is 5.89 Å². The molecular formula is C17H15N3O3S. The molecule has 0 unspecified atom stereocenters. The molecule has 0 radical (unpaired) electrons. The van der Waals surface area contributed by atoms with E-state index in [4.69, 9.17) is 4.52 Å². The van der Waals surface area contributed by atoms with Crippen molar-refractivity contribution in [3.8, 4) is 11.4 Å². The fourth-order valence-electron chi connectivity index (χ4n) is 2.05. The molecule has 3 rings (SSSR count). The van der Waals surface area contributed by atoms with Crippen molar-refractivity contribution in [1.29, 1.82) is 0 Å². The van der Waals surface area contributed by atoms with E-state index in [9.17, 15) is 8.42 Å². The lowest BCUT2D eigenvalue weighted by atomic mass is 10.2. The topological polar surface area (TPSA) is 85.1 Å². The molecule has 0 aliphatic carbocycles. The molecule has 0 amide bonds. The number of anilines is 1. The highest BCUT2D eigenvalue weighted by Gasteiger charge is 2.07. The van der Waals surface area contributed by atoms with E-state index >= 15 is 0 Å². The molecule has 2 aromatic carbocycles. The standard InChI is InChI=1S/C17H15N3O3S/c1-24(21,22)20-15-10-8-14(9-11-15)17-18-16(23-19-17)12-7-13-5-3-2-4-6-13/h2-12,20H,1H3/b12-7+. The Morgan fingerprint density at radius 3 is 2.38 bits per heavy atom. The van der Waals surface area contributed by atoms with Crippen LogP contribution in [0.15, 0.2) is 59.1 Å². The predicted molar refractivity (Wildman–Crippen MR) is 93.6 cm³/mol. The SMILES string of the molecule is CS(=O)(=O)Nc1ccc(-c2noc(/C=C/c3ccccc3)n2)cc1. The van der Waals surface area contributed by atoms with Crippen molar-refractivity contribution in [3.05, 3.63) is 66.1 Å². The maximum Gasteiger partial charge on any atom is 0.250 e. The van der Waals surface area contributed by atoms with Crippen molar-refractivity contribution in [1.82, 2.24) is 10.1 Å². The molecule has 0 saturated carbocycles. The fraction of sp³-hybridized carbons (Fsp3) is 0.0588. The van der Waals surface area contributed by atoms with Crippen LogP contribution in [-0.2, 0) is 10.0 Å². The number of rotatable bonds is 5. The molecule has 1 heterocycles. The van der Waals surface area contributed by atoms with Crippen LogP contribution in [0, 0.1) is 0 Å². The van der Waals surface area contributed by atoms with E-state index in [0.717, 1.165) is 17.4 Å². The Kier molecular flexibility index (Phi) is 4.43. The van der Waals surface area contributed by atoms with Crippen LogP contribution < -0.4 is 4.72 Å². The minimum absolute atomic E-state index is 0.396. The minimum Gasteiger partial charge on any atom is -0.334 e. The van der Waals surface area contributed by atoms with Gasteiger partial charge in [0.15, 0.2) is 0 Å². The third-order valence-corrected chi connectivity index (χ3v) is 3.71.